The maximum Gasteiger partial charge on any atom is 0.200 e. The number of benzene rings is 2. The Balaban J connectivity index is 2.51. The summed E-state index contributed by atoms with van der Waals surface area (Å²) in [5.74, 6) is -1.25. The zero-order valence-electron chi connectivity index (χ0n) is 11.3. The van der Waals surface area contributed by atoms with Gasteiger partial charge in [-0.2, -0.15) is 0 Å². The first-order valence-electron chi connectivity index (χ1n) is 6.30. The Hall–Kier alpha value is -2.20. The Kier molecular flexibility index (Phi) is 4.70. The summed E-state index contributed by atoms with van der Waals surface area (Å²) < 4.78 is 0.833. The van der Waals surface area contributed by atoms with Crippen molar-refractivity contribution in [1.29, 1.82) is 0 Å². The van der Waals surface area contributed by atoms with Crippen molar-refractivity contribution < 1.29 is 14.7 Å². The number of hydrogen-bond acceptors (Lipinski definition) is 3. The van der Waals surface area contributed by atoms with Crippen LogP contribution in [0.25, 0.3) is 5.76 Å². The van der Waals surface area contributed by atoms with E-state index < -0.39 is 11.6 Å². The zero-order valence-corrected chi connectivity index (χ0v) is 12.9. The lowest BCUT2D eigenvalue weighted by molar-refractivity contribution is -0.113. The van der Waals surface area contributed by atoms with Gasteiger partial charge in [-0.1, -0.05) is 46.3 Å². The third-order valence-corrected chi connectivity index (χ3v) is 3.50. The van der Waals surface area contributed by atoms with Gasteiger partial charge in [0.1, 0.15) is 11.3 Å². The number of ketones is 2. The highest BCUT2D eigenvalue weighted by Gasteiger charge is 2.22. The normalized spacial score (nSPS) is 11.7. The quantitative estimate of drug-likeness (QED) is 0.297. The van der Waals surface area contributed by atoms with Gasteiger partial charge < -0.3 is 5.11 Å². The van der Waals surface area contributed by atoms with Gasteiger partial charge in [0.15, 0.2) is 11.6 Å². The molecular formula is C17H13BrO3. The molecular weight excluding hydrogens is 332 g/mol. The molecule has 0 radical (unpaired) electrons. The van der Waals surface area contributed by atoms with Crippen LogP contribution in [0.3, 0.4) is 0 Å². The molecule has 0 aliphatic carbocycles. The molecule has 0 aliphatic heterocycles. The molecule has 0 amide bonds. The molecule has 0 spiro atoms. The second-order valence-electron chi connectivity index (χ2n) is 4.48. The number of aliphatic hydroxyl groups excluding tert-OH is 1. The van der Waals surface area contributed by atoms with Crippen LogP contribution >= 0.6 is 15.9 Å². The van der Waals surface area contributed by atoms with E-state index in [9.17, 15) is 14.7 Å². The predicted molar refractivity (Wildman–Crippen MR) is 85.1 cm³/mol. The second-order valence-corrected chi connectivity index (χ2v) is 5.40. The molecule has 0 heterocycles. The fourth-order valence-corrected chi connectivity index (χ4v) is 2.18. The average molecular weight is 345 g/mol. The monoisotopic (exact) mass is 344 g/mol. The van der Waals surface area contributed by atoms with Gasteiger partial charge in [-0.3, -0.25) is 9.59 Å². The largest absolute Gasteiger partial charge is 0.506 e. The van der Waals surface area contributed by atoms with E-state index in [1.165, 1.54) is 6.92 Å². The van der Waals surface area contributed by atoms with Gasteiger partial charge in [-0.05, 0) is 31.2 Å². The minimum Gasteiger partial charge on any atom is -0.506 e. The van der Waals surface area contributed by atoms with Crippen molar-refractivity contribution in [2.45, 2.75) is 6.92 Å². The van der Waals surface area contributed by atoms with Gasteiger partial charge >= 0.3 is 0 Å². The Labute approximate surface area is 131 Å². The molecule has 0 aromatic heterocycles. The second kappa shape index (κ2) is 6.50. The number of allylic oxidation sites excluding steroid dienone is 1. The Morgan fingerprint density at radius 3 is 2.00 bits per heavy atom. The lowest BCUT2D eigenvalue weighted by atomic mass is 9.97. The highest BCUT2D eigenvalue weighted by molar-refractivity contribution is 9.10. The summed E-state index contributed by atoms with van der Waals surface area (Å²) in [4.78, 5) is 24.3. The van der Waals surface area contributed by atoms with Gasteiger partial charge in [-0.15, -0.1) is 0 Å². The van der Waals surface area contributed by atoms with Crippen LogP contribution in [0.4, 0.5) is 0 Å². The number of rotatable bonds is 4. The van der Waals surface area contributed by atoms with Crippen molar-refractivity contribution >= 4 is 33.3 Å². The summed E-state index contributed by atoms with van der Waals surface area (Å²) in [5.41, 5.74) is 0.586. The summed E-state index contributed by atoms with van der Waals surface area (Å²) >= 11 is 3.29. The van der Waals surface area contributed by atoms with Crippen LogP contribution in [0, 0.1) is 0 Å². The molecule has 2 aromatic rings. The van der Waals surface area contributed by atoms with E-state index in [2.05, 4.69) is 15.9 Å². The van der Waals surface area contributed by atoms with E-state index >= 15 is 0 Å². The van der Waals surface area contributed by atoms with E-state index in [-0.39, 0.29) is 11.3 Å². The third-order valence-electron chi connectivity index (χ3n) is 2.97. The molecule has 2 aromatic carbocycles. The van der Waals surface area contributed by atoms with Crippen LogP contribution in [-0.2, 0) is 4.79 Å². The van der Waals surface area contributed by atoms with Gasteiger partial charge in [0.25, 0.3) is 0 Å². The smallest absolute Gasteiger partial charge is 0.200 e. The number of carbonyl (C=O) groups is 2. The van der Waals surface area contributed by atoms with Gasteiger partial charge in [0.05, 0.1) is 0 Å². The highest BCUT2D eigenvalue weighted by Crippen LogP contribution is 2.21. The molecule has 3 nitrogen and oxygen atoms in total. The van der Waals surface area contributed by atoms with Gasteiger partial charge in [0, 0.05) is 15.6 Å². The van der Waals surface area contributed by atoms with Crippen LogP contribution in [0.2, 0.25) is 0 Å². The Bertz CT molecular complexity index is 701. The Morgan fingerprint density at radius 2 is 1.48 bits per heavy atom. The van der Waals surface area contributed by atoms with Crippen LogP contribution in [0.5, 0.6) is 0 Å². The van der Waals surface area contributed by atoms with Crippen LogP contribution in [0.15, 0.2) is 64.6 Å². The van der Waals surface area contributed by atoms with Crippen molar-refractivity contribution in [1.82, 2.24) is 0 Å². The van der Waals surface area contributed by atoms with Crippen molar-refractivity contribution in [3.63, 3.8) is 0 Å². The maximum absolute atomic E-state index is 12.5. The molecule has 106 valence electrons. The molecule has 0 atom stereocenters. The number of halogens is 1. The van der Waals surface area contributed by atoms with E-state index in [0.29, 0.717) is 11.1 Å². The molecule has 2 rings (SSSR count). The standard InChI is InChI=1S/C17H13BrO3/c1-11(19)15(16(20)12-5-3-2-4-6-12)17(21)13-7-9-14(18)10-8-13/h2-10,20H,1H3. The maximum atomic E-state index is 12.5. The molecule has 0 unspecified atom stereocenters. The Morgan fingerprint density at radius 1 is 0.905 bits per heavy atom. The van der Waals surface area contributed by atoms with E-state index in [4.69, 9.17) is 0 Å². The molecule has 0 bridgehead atoms. The average Bonchev–Trinajstić information content (AvgIpc) is 2.48. The van der Waals surface area contributed by atoms with E-state index in [1.54, 1.807) is 54.6 Å². The molecule has 0 saturated carbocycles. The van der Waals surface area contributed by atoms with Crippen LogP contribution in [-0.4, -0.2) is 16.7 Å². The van der Waals surface area contributed by atoms with Gasteiger partial charge in [0.2, 0.25) is 0 Å². The van der Waals surface area contributed by atoms with Gasteiger partial charge in [-0.25, -0.2) is 0 Å². The number of hydrogen-bond donors (Lipinski definition) is 1. The first kappa shape index (κ1) is 15.2. The lowest BCUT2D eigenvalue weighted by Crippen LogP contribution is -2.13. The summed E-state index contributed by atoms with van der Waals surface area (Å²) in [6.45, 7) is 1.27. The van der Waals surface area contributed by atoms with Crippen molar-refractivity contribution in [2.75, 3.05) is 0 Å². The summed E-state index contributed by atoms with van der Waals surface area (Å²) in [6.07, 6.45) is 0. The summed E-state index contributed by atoms with van der Waals surface area (Å²) in [5, 5.41) is 10.3. The minimum atomic E-state index is -0.489. The summed E-state index contributed by atoms with van der Waals surface area (Å²) in [6, 6.07) is 15.2. The fraction of sp³-hybridized carbons (Fsp3) is 0.0588. The molecule has 0 fully saturated rings. The third kappa shape index (κ3) is 3.47. The highest BCUT2D eigenvalue weighted by atomic mass is 79.9. The molecule has 0 aliphatic rings. The molecule has 21 heavy (non-hydrogen) atoms. The fourth-order valence-electron chi connectivity index (χ4n) is 1.92. The minimum absolute atomic E-state index is 0.205. The lowest BCUT2D eigenvalue weighted by Gasteiger charge is -2.08. The van der Waals surface area contributed by atoms with E-state index in [0.717, 1.165) is 4.47 Å². The molecule has 1 N–H and O–H groups in total. The SMILES string of the molecule is CC(=O)C(C(=O)c1ccc(Br)cc1)=C(O)c1ccccc1. The zero-order chi connectivity index (χ0) is 15.4. The van der Waals surface area contributed by atoms with Crippen molar-refractivity contribution in [3.8, 4) is 0 Å². The summed E-state index contributed by atoms with van der Waals surface area (Å²) in [7, 11) is 0. The topological polar surface area (TPSA) is 54.4 Å². The molecule has 4 heteroatoms. The first-order valence-corrected chi connectivity index (χ1v) is 7.10. The first-order chi connectivity index (χ1) is 10.0. The van der Waals surface area contributed by atoms with E-state index in [1.807, 2.05) is 0 Å². The van der Waals surface area contributed by atoms with Crippen LogP contribution < -0.4 is 0 Å². The molecule has 0 saturated heterocycles. The number of carbonyl (C=O) groups excluding carboxylic acids is 2. The predicted octanol–water partition coefficient (Wildman–Crippen LogP) is 4.19. The number of aliphatic hydroxyl groups is 1. The number of Topliss-reactive ketones (excluding diaryl/α,β-unsaturated/α-hetero) is 2. The van der Waals surface area contributed by atoms with Crippen molar-refractivity contribution in [3.05, 3.63) is 75.8 Å². The van der Waals surface area contributed by atoms with Crippen molar-refractivity contribution in [2.24, 2.45) is 0 Å². The van der Waals surface area contributed by atoms with Crippen LogP contribution in [0.1, 0.15) is 22.8 Å².